The lowest BCUT2D eigenvalue weighted by atomic mass is 10.3. The van der Waals surface area contributed by atoms with Crippen LogP contribution in [0.5, 0.6) is 0 Å². The predicted molar refractivity (Wildman–Crippen MR) is 128 cm³/mol. The summed E-state index contributed by atoms with van der Waals surface area (Å²) in [5.74, 6) is 0.1000. The van der Waals surface area contributed by atoms with Gasteiger partial charge in [0.05, 0.1) is 20.0 Å². The highest BCUT2D eigenvalue weighted by Crippen LogP contribution is 2.35. The molecule has 0 unspecified atom stereocenters. The molecule has 1 fully saturated rings. The van der Waals surface area contributed by atoms with Crippen molar-refractivity contribution in [3.8, 4) is 9.88 Å². The summed E-state index contributed by atoms with van der Waals surface area (Å²) in [7, 11) is 0. The van der Waals surface area contributed by atoms with Gasteiger partial charge in [-0.05, 0) is 36.4 Å². The van der Waals surface area contributed by atoms with Crippen LogP contribution in [0.15, 0.2) is 54.7 Å². The van der Waals surface area contributed by atoms with Gasteiger partial charge in [0, 0.05) is 32.4 Å². The molecule has 0 saturated carbocycles. The molecule has 0 aliphatic carbocycles. The maximum Gasteiger partial charge on any atom is 0.264 e. The number of hydrogen-bond acceptors (Lipinski definition) is 8. The molecule has 6 nitrogen and oxygen atoms in total. The number of thiazole rings is 2. The monoisotopic (exact) mass is 463 g/mol. The van der Waals surface area contributed by atoms with E-state index in [9.17, 15) is 4.79 Å². The maximum absolute atomic E-state index is 13.1. The van der Waals surface area contributed by atoms with Crippen LogP contribution in [0.4, 0.5) is 5.13 Å². The van der Waals surface area contributed by atoms with Crippen molar-refractivity contribution in [1.29, 1.82) is 0 Å². The fraction of sp³-hybridized carbons (Fsp3) is 0.182. The van der Waals surface area contributed by atoms with Gasteiger partial charge >= 0.3 is 0 Å². The van der Waals surface area contributed by atoms with Gasteiger partial charge in [0.15, 0.2) is 5.13 Å². The van der Waals surface area contributed by atoms with Crippen molar-refractivity contribution in [2.24, 2.45) is 0 Å². The maximum atomic E-state index is 13.1. The number of hydrogen-bond donors (Lipinski definition) is 0. The smallest absolute Gasteiger partial charge is 0.264 e. The number of thiophene rings is 1. The molecule has 0 spiro atoms. The van der Waals surface area contributed by atoms with E-state index >= 15 is 0 Å². The Kier molecular flexibility index (Phi) is 4.66. The van der Waals surface area contributed by atoms with Crippen LogP contribution in [0.1, 0.15) is 9.67 Å². The lowest BCUT2D eigenvalue weighted by molar-refractivity contribution is 0.0751. The number of rotatable bonds is 3. The molecule has 5 heterocycles. The summed E-state index contributed by atoms with van der Waals surface area (Å²) in [5, 5.41) is 1.95. The van der Waals surface area contributed by atoms with E-state index in [1.807, 2.05) is 47.4 Å². The number of pyridine rings is 1. The second-order valence-electron chi connectivity index (χ2n) is 7.25. The zero-order valence-corrected chi connectivity index (χ0v) is 18.8. The van der Waals surface area contributed by atoms with E-state index in [2.05, 4.69) is 16.0 Å². The molecular formula is C22H17N5OS3. The van der Waals surface area contributed by atoms with Gasteiger partial charge in [-0.3, -0.25) is 4.79 Å². The molecule has 0 N–H and O–H groups in total. The average Bonchev–Trinajstić information content (AvgIpc) is 3.56. The van der Waals surface area contributed by atoms with E-state index in [0.29, 0.717) is 13.1 Å². The number of aromatic nitrogens is 3. The van der Waals surface area contributed by atoms with Crippen LogP contribution >= 0.6 is 34.0 Å². The van der Waals surface area contributed by atoms with Gasteiger partial charge in [-0.2, -0.15) is 0 Å². The molecule has 4 aromatic heterocycles. The fourth-order valence-corrected chi connectivity index (χ4v) is 6.65. The van der Waals surface area contributed by atoms with Crippen molar-refractivity contribution in [2.75, 3.05) is 31.1 Å². The molecule has 154 valence electrons. The summed E-state index contributed by atoms with van der Waals surface area (Å²) in [4.78, 5) is 33.8. The zero-order chi connectivity index (χ0) is 20.8. The fourth-order valence-electron chi connectivity index (χ4n) is 3.70. The highest BCUT2D eigenvalue weighted by Gasteiger charge is 2.25. The van der Waals surface area contributed by atoms with Gasteiger partial charge in [0.25, 0.3) is 5.91 Å². The Bertz CT molecular complexity index is 1330. The van der Waals surface area contributed by atoms with Crippen molar-refractivity contribution in [3.05, 3.63) is 59.6 Å². The van der Waals surface area contributed by atoms with E-state index in [-0.39, 0.29) is 5.91 Å². The molecule has 0 bridgehead atoms. The molecule has 0 radical (unpaired) electrons. The number of carbonyl (C=O) groups is 1. The molecule has 9 heteroatoms. The summed E-state index contributed by atoms with van der Waals surface area (Å²) in [6.45, 7) is 2.94. The van der Waals surface area contributed by atoms with Gasteiger partial charge in [0.1, 0.15) is 15.4 Å². The highest BCUT2D eigenvalue weighted by atomic mass is 32.1. The normalized spacial score (nSPS) is 14.6. The number of anilines is 1. The molecule has 1 aliphatic rings. The molecule has 31 heavy (non-hydrogen) atoms. The second-order valence-corrected chi connectivity index (χ2v) is 10.3. The first-order valence-electron chi connectivity index (χ1n) is 9.96. The number of carbonyl (C=O) groups excluding carboxylic acids is 1. The summed E-state index contributed by atoms with van der Waals surface area (Å²) in [5.41, 5.74) is 1.94. The molecule has 1 saturated heterocycles. The largest absolute Gasteiger partial charge is 0.344 e. The minimum absolute atomic E-state index is 0.1000. The van der Waals surface area contributed by atoms with Crippen LogP contribution in [0, 0.1) is 0 Å². The van der Waals surface area contributed by atoms with Crippen molar-refractivity contribution < 1.29 is 4.79 Å². The van der Waals surface area contributed by atoms with Crippen LogP contribution in [0.2, 0.25) is 0 Å². The summed E-state index contributed by atoms with van der Waals surface area (Å²) >= 11 is 4.80. The number of piperazine rings is 1. The van der Waals surface area contributed by atoms with E-state index in [1.165, 1.54) is 16.0 Å². The SMILES string of the molecule is O=C(c1ccc(-c2nc3ccccc3s2)s1)N1CCN(c2nc3cccnc3s2)CC1. The van der Waals surface area contributed by atoms with Gasteiger partial charge in [-0.15, -0.1) is 22.7 Å². The predicted octanol–water partition coefficient (Wildman–Crippen LogP) is 4.99. The molecule has 5 aromatic rings. The van der Waals surface area contributed by atoms with E-state index in [1.54, 1.807) is 28.9 Å². The first kappa shape index (κ1) is 18.9. The van der Waals surface area contributed by atoms with E-state index in [0.717, 1.165) is 48.8 Å². The minimum Gasteiger partial charge on any atom is -0.344 e. The quantitative estimate of drug-likeness (QED) is 0.377. The van der Waals surface area contributed by atoms with Crippen molar-refractivity contribution in [1.82, 2.24) is 19.9 Å². The number of benzene rings is 1. The number of nitrogens with zero attached hydrogens (tertiary/aromatic N) is 5. The summed E-state index contributed by atoms with van der Waals surface area (Å²) < 4.78 is 1.17. The topological polar surface area (TPSA) is 62.2 Å². The van der Waals surface area contributed by atoms with Gasteiger partial charge in [0.2, 0.25) is 0 Å². The van der Waals surface area contributed by atoms with Crippen molar-refractivity contribution in [3.63, 3.8) is 0 Å². The Morgan fingerprint density at radius 3 is 2.52 bits per heavy atom. The Morgan fingerprint density at radius 1 is 0.839 bits per heavy atom. The van der Waals surface area contributed by atoms with Crippen LogP contribution < -0.4 is 4.90 Å². The standard InChI is InChI=1S/C22H17N5OS3/c28-21(18-8-7-17(29-18)20-24-14-4-1-2-6-16(14)30-20)26-10-12-27(13-11-26)22-25-15-5-3-9-23-19(15)31-22/h1-9H,10-13H2. The average molecular weight is 464 g/mol. The Labute approximate surface area is 190 Å². The van der Waals surface area contributed by atoms with Crippen molar-refractivity contribution in [2.45, 2.75) is 0 Å². The lowest BCUT2D eigenvalue weighted by Gasteiger charge is -2.34. The number of para-hydroxylation sites is 1. The van der Waals surface area contributed by atoms with Crippen LogP contribution in [0.25, 0.3) is 30.4 Å². The Balaban J connectivity index is 1.15. The molecule has 1 aliphatic heterocycles. The molecule has 0 atom stereocenters. The van der Waals surface area contributed by atoms with E-state index < -0.39 is 0 Å². The van der Waals surface area contributed by atoms with Crippen LogP contribution in [-0.2, 0) is 0 Å². The third-order valence-electron chi connectivity index (χ3n) is 5.31. The third kappa shape index (κ3) is 3.48. The minimum atomic E-state index is 0.1000. The zero-order valence-electron chi connectivity index (χ0n) is 16.4. The number of amides is 1. The molecule has 1 amide bonds. The van der Waals surface area contributed by atoms with Gasteiger partial charge < -0.3 is 9.80 Å². The summed E-state index contributed by atoms with van der Waals surface area (Å²) in [6, 6.07) is 16.0. The van der Waals surface area contributed by atoms with Crippen LogP contribution in [-0.4, -0.2) is 51.9 Å². The first-order chi connectivity index (χ1) is 15.2. The first-order valence-corrected chi connectivity index (χ1v) is 12.4. The van der Waals surface area contributed by atoms with Crippen LogP contribution in [0.3, 0.4) is 0 Å². The number of fused-ring (bicyclic) bond motifs is 2. The van der Waals surface area contributed by atoms with Gasteiger partial charge in [-0.25, -0.2) is 15.0 Å². The Morgan fingerprint density at radius 2 is 1.68 bits per heavy atom. The third-order valence-corrected chi connectivity index (χ3v) is 8.63. The molecular weight excluding hydrogens is 446 g/mol. The van der Waals surface area contributed by atoms with Crippen molar-refractivity contribution >= 4 is 65.6 Å². The van der Waals surface area contributed by atoms with Gasteiger partial charge in [-0.1, -0.05) is 23.5 Å². The highest BCUT2D eigenvalue weighted by molar-refractivity contribution is 7.26. The molecule has 1 aromatic carbocycles. The Hall–Kier alpha value is -2.88. The summed E-state index contributed by atoms with van der Waals surface area (Å²) in [6.07, 6.45) is 1.80. The second kappa shape index (κ2) is 7.67. The lowest BCUT2D eigenvalue weighted by Crippen LogP contribution is -2.48. The van der Waals surface area contributed by atoms with E-state index in [4.69, 9.17) is 9.97 Å². The molecule has 6 rings (SSSR count).